The van der Waals surface area contributed by atoms with Gasteiger partial charge < -0.3 is 5.11 Å². The molecule has 0 atom stereocenters. The maximum Gasteiger partial charge on any atom is 0.192 e. The Kier molecular flexibility index (Phi) is 3.88. The lowest BCUT2D eigenvalue weighted by molar-refractivity contribution is 0.110. The number of aromatic nitrogens is 4. The minimum atomic E-state index is -1.46. The standard InChI is InChI=1S/C23H18N4O/c28-23(22-24-25-26-27(22)16-17-8-2-1-3-9-17)20-12-6-4-10-18(20)14-15-19-11-5-7-13-21(19)23/h1-15,28H,16H2. The fourth-order valence-electron chi connectivity index (χ4n) is 3.84. The number of nitrogens with zero attached hydrogens (tertiary/aromatic N) is 4. The average Bonchev–Trinajstić information content (AvgIpc) is 3.17. The van der Waals surface area contributed by atoms with E-state index >= 15 is 0 Å². The van der Waals surface area contributed by atoms with E-state index in [1.807, 2.05) is 91.0 Å². The van der Waals surface area contributed by atoms with Crippen LogP contribution in [0.4, 0.5) is 0 Å². The Balaban J connectivity index is 1.74. The molecule has 0 saturated heterocycles. The maximum absolute atomic E-state index is 12.2. The molecule has 0 bridgehead atoms. The Hall–Kier alpha value is -3.57. The van der Waals surface area contributed by atoms with E-state index in [1.165, 1.54) is 0 Å². The third kappa shape index (κ3) is 2.56. The molecule has 0 fully saturated rings. The van der Waals surface area contributed by atoms with Crippen LogP contribution in [-0.4, -0.2) is 25.3 Å². The summed E-state index contributed by atoms with van der Waals surface area (Å²) in [5, 5.41) is 24.5. The third-order valence-corrected chi connectivity index (χ3v) is 5.17. The summed E-state index contributed by atoms with van der Waals surface area (Å²) in [6, 6.07) is 25.6. The van der Waals surface area contributed by atoms with Gasteiger partial charge in [0.05, 0.1) is 6.54 Å². The van der Waals surface area contributed by atoms with Gasteiger partial charge in [-0.3, -0.25) is 0 Å². The Morgan fingerprint density at radius 3 is 1.96 bits per heavy atom. The zero-order valence-electron chi connectivity index (χ0n) is 15.1. The number of fused-ring (bicyclic) bond motifs is 2. The van der Waals surface area contributed by atoms with E-state index in [1.54, 1.807) is 4.68 Å². The highest BCUT2D eigenvalue weighted by Crippen LogP contribution is 2.41. The van der Waals surface area contributed by atoms with E-state index in [9.17, 15) is 5.11 Å². The van der Waals surface area contributed by atoms with Crippen molar-refractivity contribution < 1.29 is 5.11 Å². The largest absolute Gasteiger partial charge is 0.373 e. The van der Waals surface area contributed by atoms with Crippen molar-refractivity contribution in [2.24, 2.45) is 0 Å². The van der Waals surface area contributed by atoms with Crippen molar-refractivity contribution in [1.82, 2.24) is 20.2 Å². The molecule has 1 N–H and O–H groups in total. The Labute approximate surface area is 162 Å². The first-order valence-electron chi connectivity index (χ1n) is 9.17. The molecule has 5 rings (SSSR count). The zero-order chi connectivity index (χ0) is 19.0. The second-order valence-electron chi connectivity index (χ2n) is 6.86. The van der Waals surface area contributed by atoms with Crippen LogP contribution in [0.1, 0.15) is 33.6 Å². The minimum Gasteiger partial charge on any atom is -0.373 e. The van der Waals surface area contributed by atoms with Gasteiger partial charge in [-0.2, -0.15) is 0 Å². The van der Waals surface area contributed by atoms with E-state index in [-0.39, 0.29) is 0 Å². The van der Waals surface area contributed by atoms with Gasteiger partial charge >= 0.3 is 0 Å². The van der Waals surface area contributed by atoms with Crippen LogP contribution in [0.3, 0.4) is 0 Å². The number of tetrazole rings is 1. The van der Waals surface area contributed by atoms with Crippen molar-refractivity contribution in [3.63, 3.8) is 0 Å². The molecule has 0 amide bonds. The van der Waals surface area contributed by atoms with Gasteiger partial charge in [-0.05, 0) is 27.1 Å². The molecule has 1 aliphatic rings. The Morgan fingerprint density at radius 2 is 1.32 bits per heavy atom. The predicted octanol–water partition coefficient (Wildman–Crippen LogP) is 3.49. The second kappa shape index (κ2) is 6.55. The number of hydrogen-bond donors (Lipinski definition) is 1. The average molecular weight is 366 g/mol. The molecule has 0 saturated carbocycles. The molecule has 5 nitrogen and oxygen atoms in total. The Morgan fingerprint density at radius 1 is 0.750 bits per heavy atom. The molecule has 0 spiro atoms. The summed E-state index contributed by atoms with van der Waals surface area (Å²) in [6.07, 6.45) is 4.05. The van der Waals surface area contributed by atoms with Crippen LogP contribution in [0, 0.1) is 0 Å². The molecule has 136 valence electrons. The van der Waals surface area contributed by atoms with Crippen LogP contribution in [0.2, 0.25) is 0 Å². The van der Waals surface area contributed by atoms with Gasteiger partial charge in [-0.25, -0.2) is 4.68 Å². The van der Waals surface area contributed by atoms with E-state index in [0.717, 1.165) is 27.8 Å². The molecule has 0 radical (unpaired) electrons. The van der Waals surface area contributed by atoms with Gasteiger partial charge in [0.1, 0.15) is 0 Å². The molecular formula is C23H18N4O. The van der Waals surface area contributed by atoms with Crippen LogP contribution in [-0.2, 0) is 12.1 Å². The lowest BCUT2D eigenvalue weighted by atomic mass is 9.82. The van der Waals surface area contributed by atoms with E-state index < -0.39 is 5.60 Å². The normalized spacial score (nSPS) is 14.2. The van der Waals surface area contributed by atoms with Crippen LogP contribution in [0.5, 0.6) is 0 Å². The highest BCUT2D eigenvalue weighted by atomic mass is 16.3. The molecule has 5 heteroatoms. The van der Waals surface area contributed by atoms with E-state index in [0.29, 0.717) is 12.4 Å². The first kappa shape index (κ1) is 16.6. The molecule has 0 aliphatic heterocycles. The van der Waals surface area contributed by atoms with Gasteiger partial charge in [0.15, 0.2) is 11.4 Å². The molecular weight excluding hydrogens is 348 g/mol. The molecule has 0 unspecified atom stereocenters. The zero-order valence-corrected chi connectivity index (χ0v) is 15.1. The first-order chi connectivity index (χ1) is 13.8. The number of aliphatic hydroxyl groups is 1. The number of hydrogen-bond acceptors (Lipinski definition) is 4. The predicted molar refractivity (Wildman–Crippen MR) is 107 cm³/mol. The van der Waals surface area contributed by atoms with E-state index in [2.05, 4.69) is 15.5 Å². The summed E-state index contributed by atoms with van der Waals surface area (Å²) >= 11 is 0. The van der Waals surface area contributed by atoms with Gasteiger partial charge in [-0.1, -0.05) is 91.0 Å². The molecule has 1 aromatic heterocycles. The third-order valence-electron chi connectivity index (χ3n) is 5.17. The molecule has 1 heterocycles. The summed E-state index contributed by atoms with van der Waals surface area (Å²) in [7, 11) is 0. The van der Waals surface area contributed by atoms with Crippen molar-refractivity contribution in [2.75, 3.05) is 0 Å². The molecule has 28 heavy (non-hydrogen) atoms. The summed E-state index contributed by atoms with van der Waals surface area (Å²) < 4.78 is 1.67. The van der Waals surface area contributed by atoms with Crippen molar-refractivity contribution in [2.45, 2.75) is 12.1 Å². The summed E-state index contributed by atoms with van der Waals surface area (Å²) in [5.74, 6) is 0.403. The van der Waals surface area contributed by atoms with E-state index in [4.69, 9.17) is 0 Å². The van der Waals surface area contributed by atoms with Crippen LogP contribution in [0.15, 0.2) is 78.9 Å². The molecule has 4 aromatic rings. The van der Waals surface area contributed by atoms with Crippen molar-refractivity contribution >= 4 is 12.2 Å². The first-order valence-corrected chi connectivity index (χ1v) is 9.17. The van der Waals surface area contributed by atoms with Gasteiger partial charge in [0, 0.05) is 11.1 Å². The number of rotatable bonds is 3. The fraction of sp³-hybridized carbons (Fsp3) is 0.0870. The van der Waals surface area contributed by atoms with Crippen molar-refractivity contribution in [3.8, 4) is 0 Å². The molecule has 1 aliphatic carbocycles. The minimum absolute atomic E-state index is 0.403. The molecule has 3 aromatic carbocycles. The topological polar surface area (TPSA) is 63.8 Å². The van der Waals surface area contributed by atoms with Crippen molar-refractivity contribution in [1.29, 1.82) is 0 Å². The summed E-state index contributed by atoms with van der Waals surface area (Å²) in [6.45, 7) is 0.475. The second-order valence-corrected chi connectivity index (χ2v) is 6.86. The van der Waals surface area contributed by atoms with Crippen LogP contribution in [0.25, 0.3) is 12.2 Å². The number of benzene rings is 3. The monoisotopic (exact) mass is 366 g/mol. The maximum atomic E-state index is 12.2. The fourth-order valence-corrected chi connectivity index (χ4v) is 3.84. The van der Waals surface area contributed by atoms with Gasteiger partial charge in [0.2, 0.25) is 0 Å². The highest BCUT2D eigenvalue weighted by Gasteiger charge is 2.42. The Bertz CT molecular complexity index is 1110. The summed E-state index contributed by atoms with van der Waals surface area (Å²) in [5.41, 5.74) is 3.01. The van der Waals surface area contributed by atoms with Crippen LogP contribution < -0.4 is 0 Å². The SMILES string of the molecule is OC1(c2nnnn2Cc2ccccc2)c2ccccc2C=Cc2ccccc21. The lowest BCUT2D eigenvalue weighted by Crippen LogP contribution is -2.34. The van der Waals surface area contributed by atoms with Gasteiger partial charge in [-0.15, -0.1) is 5.10 Å². The van der Waals surface area contributed by atoms with Gasteiger partial charge in [0.25, 0.3) is 0 Å². The van der Waals surface area contributed by atoms with Crippen LogP contribution >= 0.6 is 0 Å². The highest BCUT2D eigenvalue weighted by molar-refractivity contribution is 5.78. The quantitative estimate of drug-likeness (QED) is 0.603. The lowest BCUT2D eigenvalue weighted by Gasteiger charge is -2.29. The smallest absolute Gasteiger partial charge is 0.192 e. The summed E-state index contributed by atoms with van der Waals surface area (Å²) in [4.78, 5) is 0. The van der Waals surface area contributed by atoms with Crippen molar-refractivity contribution in [3.05, 3.63) is 113 Å².